The van der Waals surface area contributed by atoms with Gasteiger partial charge >= 0.3 is 0 Å². The molecule has 2 fully saturated rings. The van der Waals surface area contributed by atoms with Gasteiger partial charge in [-0.3, -0.25) is 14.4 Å². The molecule has 3 aromatic rings. The van der Waals surface area contributed by atoms with Gasteiger partial charge in [-0.05, 0) is 76.1 Å². The van der Waals surface area contributed by atoms with Crippen LogP contribution in [0, 0.1) is 5.92 Å². The molecule has 5 rings (SSSR count). The monoisotopic (exact) mass is 576 g/mol. The number of benzene rings is 3. The molecule has 7 heteroatoms. The van der Waals surface area contributed by atoms with Crippen molar-refractivity contribution in [1.29, 1.82) is 0 Å². The van der Waals surface area contributed by atoms with Crippen molar-refractivity contribution in [2.45, 2.75) is 64.5 Å². The molecule has 2 saturated heterocycles. The zero-order valence-electron chi connectivity index (χ0n) is 22.5. The SMILES string of the molecule is CC(C)(C)c1cc([C@@H]2[C@H]3C(=O)N(c4ccc(Br)cc4)C(=O)[C@@H]3ON2c2ccccc2)cc(C(C)(C)C)c1O. The average Bonchev–Trinajstić information content (AvgIpc) is 3.35. The lowest BCUT2D eigenvalue weighted by molar-refractivity contribution is -0.126. The van der Waals surface area contributed by atoms with Crippen molar-refractivity contribution in [3.8, 4) is 5.75 Å². The first-order valence-electron chi connectivity index (χ1n) is 12.8. The van der Waals surface area contributed by atoms with Crippen molar-refractivity contribution in [1.82, 2.24) is 0 Å². The van der Waals surface area contributed by atoms with Crippen LogP contribution in [-0.4, -0.2) is 23.0 Å². The van der Waals surface area contributed by atoms with Gasteiger partial charge in [-0.25, -0.2) is 9.96 Å². The highest BCUT2D eigenvalue weighted by molar-refractivity contribution is 9.10. The van der Waals surface area contributed by atoms with Crippen LogP contribution in [-0.2, 0) is 25.3 Å². The van der Waals surface area contributed by atoms with E-state index < -0.39 is 18.1 Å². The van der Waals surface area contributed by atoms with Gasteiger partial charge in [0, 0.05) is 4.47 Å². The number of carbonyl (C=O) groups is 2. The largest absolute Gasteiger partial charge is 0.507 e. The smallest absolute Gasteiger partial charge is 0.266 e. The predicted molar refractivity (Wildman–Crippen MR) is 152 cm³/mol. The van der Waals surface area contributed by atoms with Gasteiger partial charge in [-0.15, -0.1) is 0 Å². The maximum atomic E-state index is 14.0. The van der Waals surface area contributed by atoms with Crippen LogP contribution in [0.25, 0.3) is 0 Å². The minimum atomic E-state index is -0.957. The standard InChI is InChI=1S/C31H33BrN2O4/c1-30(2,3)22-16-18(17-23(26(22)35)31(4,5)6)25-24-27(38-34(25)21-10-8-7-9-11-21)29(37)33(28(24)36)20-14-12-19(32)13-15-20/h7-17,24-25,27,35H,1-6H3/t24-,25-,27-/m1/s1. The van der Waals surface area contributed by atoms with Crippen molar-refractivity contribution in [2.75, 3.05) is 9.96 Å². The van der Waals surface area contributed by atoms with Gasteiger partial charge in [0.1, 0.15) is 11.7 Å². The number of anilines is 2. The Kier molecular flexibility index (Phi) is 6.43. The highest BCUT2D eigenvalue weighted by Crippen LogP contribution is 2.50. The zero-order chi connectivity index (χ0) is 27.6. The van der Waals surface area contributed by atoms with E-state index in [0.717, 1.165) is 26.9 Å². The molecule has 6 nitrogen and oxygen atoms in total. The number of imide groups is 1. The zero-order valence-corrected chi connectivity index (χ0v) is 24.1. The number of aromatic hydroxyl groups is 1. The normalized spacial score (nSPS) is 21.8. The Balaban J connectivity index is 1.70. The molecule has 2 heterocycles. The molecule has 0 bridgehead atoms. The Labute approximate surface area is 232 Å². The van der Waals surface area contributed by atoms with Gasteiger partial charge in [-0.1, -0.05) is 75.7 Å². The van der Waals surface area contributed by atoms with Gasteiger partial charge in [0.2, 0.25) is 5.91 Å². The number of halogens is 1. The second-order valence-electron chi connectivity index (χ2n) is 12.1. The van der Waals surface area contributed by atoms with E-state index in [-0.39, 0.29) is 28.4 Å². The molecule has 38 heavy (non-hydrogen) atoms. The highest BCUT2D eigenvalue weighted by atomic mass is 79.9. The van der Waals surface area contributed by atoms with E-state index in [1.54, 1.807) is 17.2 Å². The molecule has 1 N–H and O–H groups in total. The van der Waals surface area contributed by atoms with Crippen LogP contribution in [0.2, 0.25) is 0 Å². The van der Waals surface area contributed by atoms with Crippen molar-refractivity contribution in [3.63, 3.8) is 0 Å². The number of fused-ring (bicyclic) bond motifs is 1. The molecule has 2 amide bonds. The van der Waals surface area contributed by atoms with Gasteiger partial charge in [0.15, 0.2) is 6.10 Å². The Bertz CT molecular complexity index is 1360. The number of rotatable bonds is 3. The van der Waals surface area contributed by atoms with Crippen LogP contribution in [0.4, 0.5) is 11.4 Å². The number of amides is 2. The Morgan fingerprint density at radius 1 is 0.789 bits per heavy atom. The topological polar surface area (TPSA) is 70.1 Å². The van der Waals surface area contributed by atoms with E-state index in [0.29, 0.717) is 5.69 Å². The number of hydroxylamine groups is 1. The van der Waals surface area contributed by atoms with Crippen LogP contribution < -0.4 is 9.96 Å². The molecular weight excluding hydrogens is 544 g/mol. The Hall–Kier alpha value is -3.16. The Morgan fingerprint density at radius 3 is 1.87 bits per heavy atom. The number of para-hydroxylation sites is 1. The second-order valence-corrected chi connectivity index (χ2v) is 13.0. The molecule has 0 saturated carbocycles. The van der Waals surface area contributed by atoms with Crippen molar-refractivity contribution in [3.05, 3.63) is 87.9 Å². The Morgan fingerprint density at radius 2 is 1.34 bits per heavy atom. The summed E-state index contributed by atoms with van der Waals surface area (Å²) >= 11 is 3.42. The van der Waals surface area contributed by atoms with Gasteiger partial charge in [-0.2, -0.15) is 0 Å². The number of hydrogen-bond donors (Lipinski definition) is 1. The van der Waals surface area contributed by atoms with Gasteiger partial charge in [0.25, 0.3) is 5.91 Å². The number of phenolic OH excluding ortho intramolecular Hbond substituents is 1. The molecule has 3 atom stereocenters. The van der Waals surface area contributed by atoms with E-state index in [2.05, 4.69) is 57.5 Å². The summed E-state index contributed by atoms with van der Waals surface area (Å²) in [6.45, 7) is 12.3. The summed E-state index contributed by atoms with van der Waals surface area (Å²) < 4.78 is 0.860. The molecule has 0 aliphatic carbocycles. The van der Waals surface area contributed by atoms with Crippen molar-refractivity contribution < 1.29 is 19.5 Å². The lowest BCUT2D eigenvalue weighted by Crippen LogP contribution is -2.37. The maximum absolute atomic E-state index is 14.0. The van der Waals surface area contributed by atoms with E-state index in [4.69, 9.17) is 4.84 Å². The van der Waals surface area contributed by atoms with Crippen LogP contribution in [0.5, 0.6) is 5.75 Å². The van der Waals surface area contributed by atoms with Crippen LogP contribution in [0.1, 0.15) is 64.3 Å². The molecule has 0 unspecified atom stereocenters. The highest BCUT2D eigenvalue weighted by Gasteiger charge is 2.60. The van der Waals surface area contributed by atoms with Gasteiger partial charge < -0.3 is 5.11 Å². The third-order valence-corrected chi connectivity index (χ3v) is 7.83. The van der Waals surface area contributed by atoms with E-state index >= 15 is 0 Å². The third-order valence-electron chi connectivity index (χ3n) is 7.30. The third kappa shape index (κ3) is 4.41. The molecule has 198 valence electrons. The summed E-state index contributed by atoms with van der Waals surface area (Å²) in [6, 6.07) is 20.0. The number of carbonyl (C=O) groups excluding carboxylic acids is 2. The first kappa shape index (κ1) is 26.4. The number of nitrogens with zero attached hydrogens (tertiary/aromatic N) is 2. The number of phenols is 1. The predicted octanol–water partition coefficient (Wildman–Crippen LogP) is 6.80. The van der Waals surface area contributed by atoms with Gasteiger partial charge in [0.05, 0.1) is 17.4 Å². The summed E-state index contributed by atoms with van der Waals surface area (Å²) in [7, 11) is 0. The fraction of sp³-hybridized carbons (Fsp3) is 0.355. The molecular formula is C31H33BrN2O4. The first-order chi connectivity index (χ1) is 17.8. The molecule has 0 radical (unpaired) electrons. The summed E-state index contributed by atoms with van der Waals surface area (Å²) in [5.74, 6) is -1.16. The molecule has 2 aliphatic heterocycles. The second kappa shape index (κ2) is 9.24. The maximum Gasteiger partial charge on any atom is 0.266 e. The van der Waals surface area contributed by atoms with Crippen LogP contribution >= 0.6 is 15.9 Å². The fourth-order valence-corrected chi connectivity index (χ4v) is 5.63. The summed E-state index contributed by atoms with van der Waals surface area (Å²) in [5.41, 5.74) is 2.97. The minimum absolute atomic E-state index is 0.265. The van der Waals surface area contributed by atoms with Crippen LogP contribution in [0.15, 0.2) is 71.2 Å². The van der Waals surface area contributed by atoms with Crippen LogP contribution in [0.3, 0.4) is 0 Å². The molecule has 0 aromatic heterocycles. The lowest BCUT2D eigenvalue weighted by Gasteiger charge is -2.33. The quantitative estimate of drug-likeness (QED) is 0.347. The van der Waals surface area contributed by atoms with E-state index in [1.807, 2.05) is 54.6 Å². The number of hydrogen-bond acceptors (Lipinski definition) is 5. The van der Waals surface area contributed by atoms with Crippen molar-refractivity contribution >= 4 is 39.1 Å². The van der Waals surface area contributed by atoms with E-state index in [1.165, 1.54) is 4.90 Å². The summed E-state index contributed by atoms with van der Waals surface area (Å²) in [5, 5.41) is 13.0. The summed E-state index contributed by atoms with van der Waals surface area (Å²) in [4.78, 5) is 35.2. The molecule has 3 aromatic carbocycles. The molecule has 0 spiro atoms. The van der Waals surface area contributed by atoms with Crippen molar-refractivity contribution in [2.24, 2.45) is 5.92 Å². The minimum Gasteiger partial charge on any atom is -0.507 e. The molecule has 2 aliphatic rings. The first-order valence-corrected chi connectivity index (χ1v) is 13.6. The average molecular weight is 578 g/mol. The fourth-order valence-electron chi connectivity index (χ4n) is 5.37. The lowest BCUT2D eigenvalue weighted by atomic mass is 9.76. The van der Waals surface area contributed by atoms with E-state index in [9.17, 15) is 14.7 Å². The summed E-state index contributed by atoms with van der Waals surface area (Å²) in [6.07, 6.45) is -0.957.